The average Bonchev–Trinajstić information content (AvgIpc) is 2.73. The van der Waals surface area contributed by atoms with Gasteiger partial charge in [0, 0.05) is 12.2 Å². The molecule has 0 N–H and O–H groups in total. The maximum Gasteiger partial charge on any atom is 0.139 e. The lowest BCUT2D eigenvalue weighted by atomic mass is 10.0. The van der Waals surface area contributed by atoms with Crippen molar-refractivity contribution in [2.75, 3.05) is 18.0 Å². The van der Waals surface area contributed by atoms with Crippen LogP contribution in [0.25, 0.3) is 0 Å². The van der Waals surface area contributed by atoms with E-state index in [9.17, 15) is 4.79 Å². The highest BCUT2D eigenvalue weighted by molar-refractivity contribution is 5.61. The van der Waals surface area contributed by atoms with E-state index in [-0.39, 0.29) is 0 Å². The second-order valence-corrected chi connectivity index (χ2v) is 8.25. The van der Waals surface area contributed by atoms with Crippen LogP contribution in [-0.2, 0) is 4.79 Å². The van der Waals surface area contributed by atoms with Gasteiger partial charge in [0.25, 0.3) is 0 Å². The van der Waals surface area contributed by atoms with Crippen LogP contribution in [-0.4, -0.2) is 19.4 Å². The largest absolute Gasteiger partial charge is 0.365 e. The molecule has 1 aromatic rings. The number of hydrogen-bond donors (Lipinski definition) is 0. The van der Waals surface area contributed by atoms with Crippen LogP contribution in [0.15, 0.2) is 30.3 Å². The number of para-hydroxylation sites is 1. The van der Waals surface area contributed by atoms with Gasteiger partial charge in [-0.3, -0.25) is 0 Å². The molecular formula is C26H45NO. The van der Waals surface area contributed by atoms with E-state index < -0.39 is 0 Å². The number of unbranched alkanes of at least 4 members (excludes halogenated alkanes) is 15. The number of hydrogen-bond acceptors (Lipinski definition) is 2. The highest BCUT2D eigenvalue weighted by Crippen LogP contribution is 2.16. The fourth-order valence-electron chi connectivity index (χ4n) is 3.91. The Morgan fingerprint density at radius 1 is 0.643 bits per heavy atom. The molecule has 0 radical (unpaired) electrons. The van der Waals surface area contributed by atoms with Crippen molar-refractivity contribution in [3.05, 3.63) is 30.3 Å². The zero-order valence-electron chi connectivity index (χ0n) is 18.5. The van der Waals surface area contributed by atoms with E-state index in [4.69, 9.17) is 0 Å². The van der Waals surface area contributed by atoms with Crippen molar-refractivity contribution >= 4 is 12.0 Å². The molecule has 0 aliphatic carbocycles. The van der Waals surface area contributed by atoms with Crippen LogP contribution in [0, 0.1) is 0 Å². The summed E-state index contributed by atoms with van der Waals surface area (Å²) in [5.74, 6) is 0. The Labute approximate surface area is 175 Å². The van der Waals surface area contributed by atoms with Gasteiger partial charge < -0.3 is 9.69 Å². The SMILES string of the molecule is CCCCCCCCCCCCCCCCCCN(CC=O)c1ccccc1. The highest BCUT2D eigenvalue weighted by atomic mass is 16.1. The number of rotatable bonds is 20. The molecule has 0 aliphatic heterocycles. The Kier molecular flexibility index (Phi) is 16.8. The third-order valence-electron chi connectivity index (χ3n) is 5.70. The zero-order chi connectivity index (χ0) is 20.1. The second-order valence-electron chi connectivity index (χ2n) is 8.25. The normalized spacial score (nSPS) is 10.9. The summed E-state index contributed by atoms with van der Waals surface area (Å²) in [6.45, 7) is 3.78. The van der Waals surface area contributed by atoms with Gasteiger partial charge in [0.05, 0.1) is 6.54 Å². The van der Waals surface area contributed by atoms with E-state index in [2.05, 4.69) is 24.0 Å². The van der Waals surface area contributed by atoms with Gasteiger partial charge in [-0.1, -0.05) is 121 Å². The molecule has 0 unspecified atom stereocenters. The molecule has 28 heavy (non-hydrogen) atoms. The van der Waals surface area contributed by atoms with Crippen LogP contribution in [0.1, 0.15) is 110 Å². The number of carbonyl (C=O) groups is 1. The minimum absolute atomic E-state index is 0.503. The summed E-state index contributed by atoms with van der Waals surface area (Å²) in [7, 11) is 0. The quantitative estimate of drug-likeness (QED) is 0.167. The van der Waals surface area contributed by atoms with Crippen LogP contribution < -0.4 is 4.90 Å². The lowest BCUT2D eigenvalue weighted by Crippen LogP contribution is -2.26. The van der Waals surface area contributed by atoms with Gasteiger partial charge in [0.2, 0.25) is 0 Å². The molecule has 2 heteroatoms. The Hall–Kier alpha value is -1.31. The van der Waals surface area contributed by atoms with E-state index in [1.807, 2.05) is 18.2 Å². The molecule has 0 fully saturated rings. The summed E-state index contributed by atoms with van der Waals surface area (Å²) in [4.78, 5) is 13.1. The van der Waals surface area contributed by atoms with Crippen LogP contribution in [0.3, 0.4) is 0 Å². The first-order valence-corrected chi connectivity index (χ1v) is 12.1. The van der Waals surface area contributed by atoms with Crippen molar-refractivity contribution in [1.29, 1.82) is 0 Å². The highest BCUT2D eigenvalue weighted by Gasteiger charge is 2.04. The molecule has 1 aromatic carbocycles. The number of aldehydes is 1. The second kappa shape index (κ2) is 19.0. The molecule has 0 aliphatic rings. The van der Waals surface area contributed by atoms with E-state index in [1.54, 1.807) is 0 Å². The van der Waals surface area contributed by atoms with Crippen LogP contribution in [0.4, 0.5) is 5.69 Å². The number of benzene rings is 1. The molecule has 0 heterocycles. The topological polar surface area (TPSA) is 20.3 Å². The van der Waals surface area contributed by atoms with Crippen molar-refractivity contribution in [3.8, 4) is 0 Å². The van der Waals surface area contributed by atoms with Crippen LogP contribution in [0.2, 0.25) is 0 Å². The van der Waals surface area contributed by atoms with E-state index in [0.717, 1.165) is 18.5 Å². The predicted molar refractivity (Wildman–Crippen MR) is 124 cm³/mol. The molecule has 160 valence electrons. The fraction of sp³-hybridized carbons (Fsp3) is 0.731. The van der Waals surface area contributed by atoms with Gasteiger partial charge in [-0.05, 0) is 18.6 Å². The van der Waals surface area contributed by atoms with Crippen molar-refractivity contribution in [1.82, 2.24) is 0 Å². The summed E-state index contributed by atoms with van der Waals surface area (Å²) in [6, 6.07) is 10.3. The van der Waals surface area contributed by atoms with E-state index in [1.165, 1.54) is 103 Å². The van der Waals surface area contributed by atoms with Crippen LogP contribution >= 0.6 is 0 Å². The number of carbonyl (C=O) groups excluding carboxylic acids is 1. The molecule has 1 rings (SSSR count). The van der Waals surface area contributed by atoms with E-state index in [0.29, 0.717) is 6.54 Å². The first kappa shape index (κ1) is 24.7. The Morgan fingerprint density at radius 3 is 1.50 bits per heavy atom. The number of anilines is 1. The summed E-state index contributed by atoms with van der Waals surface area (Å²) in [5.41, 5.74) is 1.16. The first-order valence-electron chi connectivity index (χ1n) is 12.1. The lowest BCUT2D eigenvalue weighted by Gasteiger charge is -2.22. The summed E-state index contributed by atoms with van der Waals surface area (Å²) < 4.78 is 0. The van der Waals surface area contributed by atoms with Gasteiger partial charge in [-0.15, -0.1) is 0 Å². The molecule has 2 nitrogen and oxygen atoms in total. The Morgan fingerprint density at radius 2 is 1.07 bits per heavy atom. The molecule has 0 aromatic heterocycles. The monoisotopic (exact) mass is 387 g/mol. The van der Waals surface area contributed by atoms with Crippen molar-refractivity contribution < 1.29 is 4.79 Å². The van der Waals surface area contributed by atoms with Gasteiger partial charge in [-0.2, -0.15) is 0 Å². The summed E-state index contributed by atoms with van der Waals surface area (Å²) in [6.07, 6.45) is 23.3. The summed E-state index contributed by atoms with van der Waals surface area (Å²) >= 11 is 0. The third kappa shape index (κ3) is 13.8. The maximum absolute atomic E-state index is 10.9. The zero-order valence-corrected chi connectivity index (χ0v) is 18.5. The molecule has 0 saturated heterocycles. The lowest BCUT2D eigenvalue weighted by molar-refractivity contribution is -0.106. The van der Waals surface area contributed by atoms with Crippen molar-refractivity contribution in [3.63, 3.8) is 0 Å². The molecule has 0 bridgehead atoms. The fourth-order valence-corrected chi connectivity index (χ4v) is 3.91. The first-order chi connectivity index (χ1) is 13.9. The van der Waals surface area contributed by atoms with Gasteiger partial charge in [0.1, 0.15) is 6.29 Å². The van der Waals surface area contributed by atoms with Crippen molar-refractivity contribution in [2.45, 2.75) is 110 Å². The molecule has 0 atom stereocenters. The summed E-state index contributed by atoms with van der Waals surface area (Å²) in [5, 5.41) is 0. The Balaban J connectivity index is 1.86. The molecule has 0 spiro atoms. The van der Waals surface area contributed by atoms with Gasteiger partial charge >= 0.3 is 0 Å². The number of nitrogens with zero attached hydrogens (tertiary/aromatic N) is 1. The predicted octanol–water partition coefficient (Wildman–Crippen LogP) is 7.95. The standard InChI is InChI=1S/C26H45NO/c1-2-3-4-5-6-7-8-9-10-11-12-13-14-15-16-20-23-27(24-25-28)26-21-18-17-19-22-26/h17-19,21-22,25H,2-16,20,23-24H2,1H3. The maximum atomic E-state index is 10.9. The third-order valence-corrected chi connectivity index (χ3v) is 5.70. The Bertz CT molecular complexity index is 445. The van der Waals surface area contributed by atoms with Crippen LogP contribution in [0.5, 0.6) is 0 Å². The van der Waals surface area contributed by atoms with Gasteiger partial charge in [-0.25, -0.2) is 0 Å². The molecule has 0 amide bonds. The minimum atomic E-state index is 0.503. The smallest absolute Gasteiger partial charge is 0.139 e. The molecular weight excluding hydrogens is 342 g/mol. The minimum Gasteiger partial charge on any atom is -0.365 e. The average molecular weight is 388 g/mol. The van der Waals surface area contributed by atoms with E-state index >= 15 is 0 Å². The molecule has 0 saturated carbocycles. The van der Waals surface area contributed by atoms with Gasteiger partial charge in [0.15, 0.2) is 0 Å². The van der Waals surface area contributed by atoms with Crippen molar-refractivity contribution in [2.24, 2.45) is 0 Å².